The number of aliphatic hydroxyl groups excluding tert-OH is 1. The summed E-state index contributed by atoms with van der Waals surface area (Å²) in [6.45, 7) is 2.61. The summed E-state index contributed by atoms with van der Waals surface area (Å²) in [5.74, 6) is -2.11. The summed E-state index contributed by atoms with van der Waals surface area (Å²) in [4.78, 5) is 11.3. The predicted molar refractivity (Wildman–Crippen MR) is 114 cm³/mol. The first kappa shape index (κ1) is 21.7. The molecule has 1 spiro atoms. The van der Waals surface area contributed by atoms with E-state index in [1.807, 2.05) is 11.8 Å². The number of rotatable bonds is 3. The molecule has 1 aliphatic carbocycles. The average molecular weight is 457 g/mol. The summed E-state index contributed by atoms with van der Waals surface area (Å²) in [7, 11) is 0. The first-order chi connectivity index (χ1) is 14.2. The number of alkyl halides is 2. The molecule has 2 aromatic rings. The zero-order valence-electron chi connectivity index (χ0n) is 16.6. The van der Waals surface area contributed by atoms with Crippen LogP contribution in [-0.4, -0.2) is 40.1 Å². The van der Waals surface area contributed by atoms with Crippen molar-refractivity contribution < 1.29 is 13.9 Å². The maximum atomic E-state index is 13.9. The van der Waals surface area contributed by atoms with Crippen LogP contribution in [0.1, 0.15) is 37.1 Å². The third kappa shape index (κ3) is 3.77. The summed E-state index contributed by atoms with van der Waals surface area (Å²) in [5, 5.41) is 10.7. The van der Waals surface area contributed by atoms with E-state index in [0.717, 1.165) is 0 Å². The van der Waals surface area contributed by atoms with Crippen LogP contribution in [-0.2, 0) is 6.61 Å². The Balaban J connectivity index is 1.62. The Hall–Kier alpha value is -1.54. The van der Waals surface area contributed by atoms with Crippen molar-refractivity contribution in [2.24, 2.45) is 11.1 Å². The molecule has 9 heteroatoms. The lowest BCUT2D eigenvalue weighted by molar-refractivity contribution is -0.00684. The molecular weight excluding hydrogens is 433 g/mol. The molecular formula is C21H24Cl2F2N4O. The highest BCUT2D eigenvalue weighted by Gasteiger charge is 2.55. The predicted octanol–water partition coefficient (Wildman–Crippen LogP) is 4.59. The monoisotopic (exact) mass is 456 g/mol. The first-order valence-electron chi connectivity index (χ1n) is 9.97. The number of aromatic nitrogens is 2. The van der Waals surface area contributed by atoms with Gasteiger partial charge in [0.25, 0.3) is 0 Å². The molecule has 0 unspecified atom stereocenters. The molecule has 1 aromatic heterocycles. The Bertz CT molecular complexity index is 964. The van der Waals surface area contributed by atoms with Gasteiger partial charge in [-0.25, -0.2) is 18.7 Å². The standard InChI is InChI=1S/C21H24Cl2F2N4O/c1-12-18(13-3-2-4-14(22)17(13)23)28-15(10-30)19(27-12)29-7-5-20(6-8-29)11-21(24,25)9-16(20)26/h2-4,16,30H,5-11,26H2,1H3/t16-/m1/s1. The van der Waals surface area contributed by atoms with Crippen molar-refractivity contribution in [3.8, 4) is 11.3 Å². The van der Waals surface area contributed by atoms with E-state index in [1.165, 1.54) is 0 Å². The van der Waals surface area contributed by atoms with Gasteiger partial charge in [-0.1, -0.05) is 35.3 Å². The lowest BCUT2D eigenvalue weighted by Gasteiger charge is -2.42. The summed E-state index contributed by atoms with van der Waals surface area (Å²) in [6.07, 6.45) is 0.732. The van der Waals surface area contributed by atoms with Crippen LogP contribution in [0.25, 0.3) is 11.3 Å². The largest absolute Gasteiger partial charge is 0.390 e. The highest BCUT2D eigenvalue weighted by molar-refractivity contribution is 6.43. The lowest BCUT2D eigenvalue weighted by atomic mass is 9.74. The number of benzene rings is 1. The van der Waals surface area contributed by atoms with Crippen LogP contribution in [0.2, 0.25) is 10.0 Å². The second-order valence-corrected chi connectivity index (χ2v) is 9.17. The smallest absolute Gasteiger partial charge is 0.250 e. The van der Waals surface area contributed by atoms with Crippen molar-refractivity contribution in [1.82, 2.24) is 9.97 Å². The molecule has 1 aliphatic heterocycles. The van der Waals surface area contributed by atoms with E-state index in [4.69, 9.17) is 33.9 Å². The molecule has 0 radical (unpaired) electrons. The fourth-order valence-corrected chi connectivity index (χ4v) is 5.20. The van der Waals surface area contributed by atoms with Crippen LogP contribution in [0.15, 0.2) is 18.2 Å². The molecule has 162 valence electrons. The number of hydrogen-bond donors (Lipinski definition) is 2. The fraction of sp³-hybridized carbons (Fsp3) is 0.524. The third-order valence-electron chi connectivity index (χ3n) is 6.45. The van der Waals surface area contributed by atoms with Crippen LogP contribution >= 0.6 is 23.2 Å². The second kappa shape index (κ2) is 7.86. The van der Waals surface area contributed by atoms with E-state index in [1.54, 1.807) is 18.2 Å². The van der Waals surface area contributed by atoms with E-state index >= 15 is 0 Å². The van der Waals surface area contributed by atoms with Crippen LogP contribution < -0.4 is 10.6 Å². The number of piperidine rings is 1. The molecule has 1 saturated carbocycles. The first-order valence-corrected chi connectivity index (χ1v) is 10.7. The molecule has 30 heavy (non-hydrogen) atoms. The number of aliphatic hydroxyl groups is 1. The minimum Gasteiger partial charge on any atom is -0.390 e. The normalized spacial score (nSPS) is 22.6. The second-order valence-electron chi connectivity index (χ2n) is 8.38. The van der Waals surface area contributed by atoms with Crippen molar-refractivity contribution in [2.75, 3.05) is 18.0 Å². The Labute approximate surface area is 184 Å². The number of anilines is 1. The van der Waals surface area contributed by atoms with E-state index in [-0.39, 0.29) is 19.4 Å². The molecule has 3 N–H and O–H groups in total. The highest BCUT2D eigenvalue weighted by atomic mass is 35.5. The van der Waals surface area contributed by atoms with E-state index in [9.17, 15) is 13.9 Å². The SMILES string of the molecule is Cc1nc(N2CCC3(CC2)CC(F)(F)C[C@H]3N)c(CO)nc1-c1cccc(Cl)c1Cl. The average Bonchev–Trinajstić information content (AvgIpc) is 2.92. The molecule has 2 fully saturated rings. The van der Waals surface area contributed by atoms with Crippen molar-refractivity contribution >= 4 is 29.0 Å². The van der Waals surface area contributed by atoms with Gasteiger partial charge >= 0.3 is 0 Å². The summed E-state index contributed by atoms with van der Waals surface area (Å²) < 4.78 is 27.8. The number of aryl methyl sites for hydroxylation is 1. The molecule has 1 atom stereocenters. The highest BCUT2D eigenvalue weighted by Crippen LogP contribution is 2.52. The molecule has 2 aliphatic rings. The van der Waals surface area contributed by atoms with Crippen LogP contribution in [0.5, 0.6) is 0 Å². The molecule has 0 bridgehead atoms. The van der Waals surface area contributed by atoms with Crippen molar-refractivity contribution in [1.29, 1.82) is 0 Å². The van der Waals surface area contributed by atoms with Gasteiger partial charge in [-0.05, 0) is 31.2 Å². The van der Waals surface area contributed by atoms with E-state index < -0.39 is 17.4 Å². The van der Waals surface area contributed by atoms with Gasteiger partial charge in [-0.15, -0.1) is 0 Å². The third-order valence-corrected chi connectivity index (χ3v) is 7.27. The molecule has 1 saturated heterocycles. The van der Waals surface area contributed by atoms with Gasteiger partial charge < -0.3 is 15.7 Å². The number of hydrogen-bond acceptors (Lipinski definition) is 5. The van der Waals surface area contributed by atoms with Crippen LogP contribution in [0, 0.1) is 12.3 Å². The van der Waals surface area contributed by atoms with Gasteiger partial charge in [-0.3, -0.25) is 0 Å². The van der Waals surface area contributed by atoms with Gasteiger partial charge in [0.15, 0.2) is 5.82 Å². The Kier molecular flexibility index (Phi) is 5.68. The molecule has 2 heterocycles. The molecule has 1 aromatic carbocycles. The molecule has 4 rings (SSSR count). The summed E-state index contributed by atoms with van der Waals surface area (Å²) >= 11 is 12.5. The van der Waals surface area contributed by atoms with Gasteiger partial charge in [-0.2, -0.15) is 0 Å². The quantitative estimate of drug-likeness (QED) is 0.705. The Morgan fingerprint density at radius 2 is 1.93 bits per heavy atom. The van der Waals surface area contributed by atoms with Crippen molar-refractivity contribution in [3.63, 3.8) is 0 Å². The van der Waals surface area contributed by atoms with Gasteiger partial charge in [0.2, 0.25) is 5.92 Å². The van der Waals surface area contributed by atoms with Crippen molar-refractivity contribution in [2.45, 2.75) is 51.2 Å². The Morgan fingerprint density at radius 3 is 2.53 bits per heavy atom. The van der Waals surface area contributed by atoms with Crippen LogP contribution in [0.3, 0.4) is 0 Å². The van der Waals surface area contributed by atoms with E-state index in [0.29, 0.717) is 64.4 Å². The number of nitrogens with zero attached hydrogens (tertiary/aromatic N) is 3. The fourth-order valence-electron chi connectivity index (χ4n) is 4.81. The van der Waals surface area contributed by atoms with E-state index in [2.05, 4.69) is 4.98 Å². The maximum Gasteiger partial charge on any atom is 0.250 e. The minimum absolute atomic E-state index is 0.154. The van der Waals surface area contributed by atoms with Crippen molar-refractivity contribution in [3.05, 3.63) is 39.6 Å². The summed E-state index contributed by atoms with van der Waals surface area (Å²) in [6, 6.07) is 4.78. The Morgan fingerprint density at radius 1 is 1.23 bits per heavy atom. The van der Waals surface area contributed by atoms with Gasteiger partial charge in [0, 0.05) is 37.5 Å². The molecule has 0 amide bonds. The lowest BCUT2D eigenvalue weighted by Crippen LogP contribution is -2.47. The van der Waals surface area contributed by atoms with Crippen LogP contribution in [0.4, 0.5) is 14.6 Å². The zero-order valence-corrected chi connectivity index (χ0v) is 18.1. The van der Waals surface area contributed by atoms with Gasteiger partial charge in [0.05, 0.1) is 28.0 Å². The topological polar surface area (TPSA) is 75.3 Å². The minimum atomic E-state index is -2.69. The van der Waals surface area contributed by atoms with Gasteiger partial charge in [0.1, 0.15) is 5.69 Å². The molecule has 5 nitrogen and oxygen atoms in total. The maximum absolute atomic E-state index is 13.9. The number of halogens is 4. The zero-order chi connectivity index (χ0) is 21.7. The summed E-state index contributed by atoms with van der Waals surface area (Å²) in [5.41, 5.74) is 7.84. The number of nitrogens with two attached hydrogens (primary N) is 1.